The van der Waals surface area contributed by atoms with Crippen molar-refractivity contribution in [1.82, 2.24) is 5.32 Å². The Morgan fingerprint density at radius 3 is 2.17 bits per heavy atom. The average molecular weight is 446 g/mol. The van der Waals surface area contributed by atoms with Crippen LogP contribution < -0.4 is 5.32 Å². The van der Waals surface area contributed by atoms with Crippen molar-refractivity contribution in [2.75, 3.05) is 38.9 Å². The number of alkyl halides is 1. The molecule has 0 radical (unpaired) electrons. The van der Waals surface area contributed by atoms with E-state index in [4.69, 9.17) is 21.1 Å². The van der Waals surface area contributed by atoms with Gasteiger partial charge in [0.2, 0.25) is 5.91 Å². The molecule has 2 saturated carbocycles. The maximum atomic E-state index is 12.4. The van der Waals surface area contributed by atoms with Crippen molar-refractivity contribution >= 4 is 17.5 Å². The maximum absolute atomic E-state index is 12.4. The van der Waals surface area contributed by atoms with Crippen LogP contribution in [0, 0.1) is 23.2 Å². The molecule has 30 heavy (non-hydrogen) atoms. The van der Waals surface area contributed by atoms with Gasteiger partial charge in [-0.05, 0) is 68.1 Å². The number of carbonyl (C=O) groups is 1. The first kappa shape index (κ1) is 27.7. The molecule has 0 aromatic rings. The van der Waals surface area contributed by atoms with Gasteiger partial charge in [-0.1, -0.05) is 40.5 Å². The minimum absolute atomic E-state index is 0.187. The van der Waals surface area contributed by atoms with Crippen molar-refractivity contribution in [3.05, 3.63) is 0 Å². The summed E-state index contributed by atoms with van der Waals surface area (Å²) < 4.78 is 11.1. The zero-order valence-electron chi connectivity index (χ0n) is 20.1. The van der Waals surface area contributed by atoms with Gasteiger partial charge in [0.1, 0.15) is 0 Å². The van der Waals surface area contributed by atoms with E-state index in [1.807, 2.05) is 13.8 Å². The summed E-state index contributed by atoms with van der Waals surface area (Å²) in [6.45, 7) is 11.9. The number of halogens is 1. The number of amides is 1. The van der Waals surface area contributed by atoms with Crippen LogP contribution in [0.4, 0.5) is 0 Å². The molecule has 2 fully saturated rings. The minimum atomic E-state index is 0.187. The van der Waals surface area contributed by atoms with Gasteiger partial charge in [-0.2, -0.15) is 0 Å². The second-order valence-electron chi connectivity index (χ2n) is 9.62. The first-order valence-corrected chi connectivity index (χ1v) is 13.0. The Kier molecular flexibility index (Phi) is 15.1. The molecule has 2 unspecified atom stereocenters. The summed E-state index contributed by atoms with van der Waals surface area (Å²) in [4.78, 5) is 12.4. The second kappa shape index (κ2) is 16.3. The lowest BCUT2D eigenvalue weighted by Crippen LogP contribution is -2.40. The zero-order valence-corrected chi connectivity index (χ0v) is 20.9. The molecule has 2 atom stereocenters. The van der Waals surface area contributed by atoms with Gasteiger partial charge in [0.25, 0.3) is 0 Å². The zero-order chi connectivity index (χ0) is 22.2. The molecule has 5 heteroatoms. The van der Waals surface area contributed by atoms with Gasteiger partial charge < -0.3 is 14.8 Å². The highest BCUT2D eigenvalue weighted by atomic mass is 35.5. The Hall–Kier alpha value is -0.320. The third-order valence-electron chi connectivity index (χ3n) is 6.40. The number of nitrogens with one attached hydrogen (secondary N) is 1. The van der Waals surface area contributed by atoms with Crippen LogP contribution in [0.3, 0.4) is 0 Å². The lowest BCUT2D eigenvalue weighted by atomic mass is 9.58. The third-order valence-corrected chi connectivity index (χ3v) is 6.67. The molecular weight excluding hydrogens is 398 g/mol. The number of fused-ring (bicyclic) bond motifs is 2. The van der Waals surface area contributed by atoms with Gasteiger partial charge in [0.15, 0.2) is 0 Å². The number of carbonyl (C=O) groups excluding carboxylic acids is 1. The Morgan fingerprint density at radius 2 is 1.53 bits per heavy atom. The van der Waals surface area contributed by atoms with Gasteiger partial charge >= 0.3 is 0 Å². The van der Waals surface area contributed by atoms with Crippen molar-refractivity contribution < 1.29 is 14.3 Å². The first-order valence-electron chi connectivity index (χ1n) is 12.5. The SMILES string of the molecule is CC.CC1CC2CC(C1)CC(C)(CC(=O)NCCOCCOCCCCCCCl)C2. The quantitative estimate of drug-likeness (QED) is 0.255. The highest BCUT2D eigenvalue weighted by Gasteiger charge is 2.41. The smallest absolute Gasteiger partial charge is 0.220 e. The predicted octanol–water partition coefficient (Wildman–Crippen LogP) is 6.20. The molecule has 1 amide bonds. The van der Waals surface area contributed by atoms with E-state index < -0.39 is 0 Å². The van der Waals surface area contributed by atoms with Crippen LogP contribution in [0.2, 0.25) is 0 Å². The second-order valence-corrected chi connectivity index (χ2v) is 10.00. The summed E-state index contributed by atoms with van der Waals surface area (Å²) in [6, 6.07) is 0. The van der Waals surface area contributed by atoms with E-state index >= 15 is 0 Å². The molecule has 2 bridgehead atoms. The number of ether oxygens (including phenoxy) is 2. The highest BCUT2D eigenvalue weighted by Crippen LogP contribution is 2.51. The summed E-state index contributed by atoms with van der Waals surface area (Å²) in [6.07, 6.45) is 11.8. The van der Waals surface area contributed by atoms with Crippen molar-refractivity contribution in [2.45, 2.75) is 91.9 Å². The van der Waals surface area contributed by atoms with Gasteiger partial charge in [-0.15, -0.1) is 11.6 Å². The number of hydrogen-bond donors (Lipinski definition) is 1. The van der Waals surface area contributed by atoms with E-state index in [2.05, 4.69) is 19.2 Å². The Labute approximate surface area is 191 Å². The van der Waals surface area contributed by atoms with Gasteiger partial charge in [-0.3, -0.25) is 4.79 Å². The molecular formula is C25H48ClNO3. The summed E-state index contributed by atoms with van der Waals surface area (Å²) in [5.74, 6) is 3.49. The monoisotopic (exact) mass is 445 g/mol. The van der Waals surface area contributed by atoms with Crippen molar-refractivity contribution in [1.29, 1.82) is 0 Å². The molecule has 2 rings (SSSR count). The summed E-state index contributed by atoms with van der Waals surface area (Å²) >= 11 is 5.65. The Morgan fingerprint density at radius 1 is 0.933 bits per heavy atom. The molecule has 0 aromatic heterocycles. The fourth-order valence-corrected chi connectivity index (χ4v) is 5.73. The summed E-state index contributed by atoms with van der Waals surface area (Å²) in [5, 5.41) is 3.04. The Bertz CT molecular complexity index is 428. The van der Waals surface area contributed by atoms with Gasteiger partial charge in [-0.25, -0.2) is 0 Å². The fraction of sp³-hybridized carbons (Fsp3) is 0.960. The number of rotatable bonds is 14. The molecule has 0 heterocycles. The third kappa shape index (κ3) is 11.9. The van der Waals surface area contributed by atoms with E-state index in [1.54, 1.807) is 0 Å². The van der Waals surface area contributed by atoms with E-state index in [-0.39, 0.29) is 11.3 Å². The van der Waals surface area contributed by atoms with Crippen LogP contribution in [-0.2, 0) is 14.3 Å². The summed E-state index contributed by atoms with van der Waals surface area (Å²) in [7, 11) is 0. The molecule has 2 aliphatic rings. The number of unbranched alkanes of at least 4 members (excludes halogenated alkanes) is 3. The van der Waals surface area contributed by atoms with E-state index in [0.29, 0.717) is 32.8 Å². The highest BCUT2D eigenvalue weighted by molar-refractivity contribution is 6.17. The maximum Gasteiger partial charge on any atom is 0.220 e. The van der Waals surface area contributed by atoms with Crippen LogP contribution in [-0.4, -0.2) is 44.8 Å². The van der Waals surface area contributed by atoms with Crippen molar-refractivity contribution in [3.63, 3.8) is 0 Å². The van der Waals surface area contributed by atoms with Crippen LogP contribution in [0.25, 0.3) is 0 Å². The average Bonchev–Trinajstić information content (AvgIpc) is 2.69. The van der Waals surface area contributed by atoms with Gasteiger partial charge in [0, 0.05) is 25.5 Å². The fourth-order valence-electron chi connectivity index (χ4n) is 5.54. The lowest BCUT2D eigenvalue weighted by molar-refractivity contribution is -0.125. The van der Waals surface area contributed by atoms with Crippen molar-refractivity contribution in [2.24, 2.45) is 23.2 Å². The predicted molar refractivity (Wildman–Crippen MR) is 127 cm³/mol. The number of hydrogen-bond acceptors (Lipinski definition) is 3. The Balaban J connectivity index is 0.00000218. The molecule has 178 valence electrons. The summed E-state index contributed by atoms with van der Waals surface area (Å²) in [5.41, 5.74) is 0.191. The molecule has 0 saturated heterocycles. The normalized spacial score (nSPS) is 27.8. The first-order chi connectivity index (χ1) is 14.5. The molecule has 2 aliphatic carbocycles. The largest absolute Gasteiger partial charge is 0.379 e. The van der Waals surface area contributed by atoms with E-state index in [9.17, 15) is 4.79 Å². The van der Waals surface area contributed by atoms with Crippen LogP contribution in [0.15, 0.2) is 0 Å². The van der Waals surface area contributed by atoms with Crippen LogP contribution in [0.5, 0.6) is 0 Å². The molecule has 0 aromatic carbocycles. The van der Waals surface area contributed by atoms with E-state index in [0.717, 1.165) is 43.1 Å². The van der Waals surface area contributed by atoms with Crippen LogP contribution in [0.1, 0.15) is 91.9 Å². The van der Waals surface area contributed by atoms with Crippen molar-refractivity contribution in [3.8, 4) is 0 Å². The molecule has 0 aliphatic heterocycles. The van der Waals surface area contributed by atoms with Crippen LogP contribution >= 0.6 is 11.6 Å². The molecule has 0 spiro atoms. The standard InChI is InChI=1S/C23H42ClNO3.C2H6/c1-19-13-20-15-21(14-19)17-23(2,16-20)18-22(26)25-8-10-28-12-11-27-9-6-4-3-5-7-24;1-2/h19-21H,3-18H2,1-2H3,(H,25,26);1-2H3. The minimum Gasteiger partial charge on any atom is -0.379 e. The topological polar surface area (TPSA) is 47.6 Å². The lowest BCUT2D eigenvalue weighted by Gasteiger charge is -2.47. The van der Waals surface area contributed by atoms with Gasteiger partial charge in [0.05, 0.1) is 19.8 Å². The molecule has 4 nitrogen and oxygen atoms in total. The molecule has 1 N–H and O–H groups in total. The van der Waals surface area contributed by atoms with E-state index in [1.165, 1.54) is 44.9 Å².